The second-order valence-corrected chi connectivity index (χ2v) is 4.32. The summed E-state index contributed by atoms with van der Waals surface area (Å²) >= 11 is 0. The monoisotopic (exact) mass is 272 g/mol. The minimum atomic E-state index is -0.664. The van der Waals surface area contributed by atoms with Crippen molar-refractivity contribution in [3.05, 3.63) is 0 Å². The molecule has 0 heterocycles. The van der Waals surface area contributed by atoms with Gasteiger partial charge in [-0.3, -0.25) is 14.4 Å². The molecule has 0 saturated carbocycles. The molecule has 0 aliphatic rings. The molecule has 0 fully saturated rings. The van der Waals surface area contributed by atoms with Crippen molar-refractivity contribution in [1.82, 2.24) is 0 Å². The third-order valence-electron chi connectivity index (χ3n) is 2.74. The molecule has 0 aromatic rings. The van der Waals surface area contributed by atoms with Crippen molar-refractivity contribution in [1.29, 1.82) is 0 Å². The van der Waals surface area contributed by atoms with Crippen molar-refractivity contribution < 1.29 is 23.9 Å². The Hall–Kier alpha value is -1.39. The molecule has 0 aromatic heterocycles. The van der Waals surface area contributed by atoms with Crippen LogP contribution in [0.3, 0.4) is 0 Å². The third kappa shape index (κ3) is 8.35. The minimum Gasteiger partial charge on any atom is -0.466 e. The molecule has 1 atom stereocenters. The maximum absolute atomic E-state index is 11.5. The summed E-state index contributed by atoms with van der Waals surface area (Å²) in [5.41, 5.74) is 0. The second kappa shape index (κ2) is 10.5. The van der Waals surface area contributed by atoms with E-state index in [1.807, 2.05) is 0 Å². The smallest absolute Gasteiger partial charge is 0.316 e. The summed E-state index contributed by atoms with van der Waals surface area (Å²) in [6.07, 6.45) is 3.10. The molecule has 0 rings (SSSR count). The number of rotatable bonds is 10. The summed E-state index contributed by atoms with van der Waals surface area (Å²) in [5.74, 6) is -1.47. The van der Waals surface area contributed by atoms with Gasteiger partial charge in [0, 0.05) is 6.42 Å². The van der Waals surface area contributed by atoms with Gasteiger partial charge in [-0.25, -0.2) is 0 Å². The number of carbonyl (C=O) groups is 3. The molecular formula is C14H24O5. The first-order valence-electron chi connectivity index (χ1n) is 6.85. The first-order valence-corrected chi connectivity index (χ1v) is 6.85. The highest BCUT2D eigenvalue weighted by molar-refractivity contribution is 5.97. The van der Waals surface area contributed by atoms with Crippen LogP contribution < -0.4 is 0 Å². The van der Waals surface area contributed by atoms with Crippen LogP contribution >= 0.6 is 0 Å². The van der Waals surface area contributed by atoms with Gasteiger partial charge in [0.15, 0.2) is 0 Å². The number of ether oxygens (including phenoxy) is 2. The topological polar surface area (TPSA) is 69.7 Å². The Bertz CT molecular complexity index is 298. The molecule has 0 N–H and O–H groups in total. The molecule has 0 saturated heterocycles. The highest BCUT2D eigenvalue weighted by Gasteiger charge is 2.23. The molecule has 0 aromatic carbocycles. The van der Waals surface area contributed by atoms with E-state index in [-0.39, 0.29) is 18.4 Å². The first kappa shape index (κ1) is 17.6. The van der Waals surface area contributed by atoms with E-state index in [0.29, 0.717) is 25.9 Å². The average Bonchev–Trinajstić information content (AvgIpc) is 2.33. The molecule has 19 heavy (non-hydrogen) atoms. The van der Waals surface area contributed by atoms with E-state index >= 15 is 0 Å². The molecule has 1 unspecified atom stereocenters. The van der Waals surface area contributed by atoms with Crippen LogP contribution in [0.5, 0.6) is 0 Å². The lowest BCUT2D eigenvalue weighted by Gasteiger charge is -2.12. The van der Waals surface area contributed by atoms with Crippen LogP contribution in [0.15, 0.2) is 0 Å². The lowest BCUT2D eigenvalue weighted by molar-refractivity contribution is -0.151. The van der Waals surface area contributed by atoms with Crippen LogP contribution in [0.1, 0.15) is 52.9 Å². The van der Waals surface area contributed by atoms with Crippen LogP contribution in [0.2, 0.25) is 0 Å². The SMILES string of the molecule is CCOC(=O)CCCCCC(C(C)=O)C(=O)OCC. The van der Waals surface area contributed by atoms with Gasteiger partial charge in [-0.1, -0.05) is 12.8 Å². The highest BCUT2D eigenvalue weighted by Crippen LogP contribution is 2.14. The van der Waals surface area contributed by atoms with E-state index in [1.165, 1.54) is 6.92 Å². The zero-order valence-corrected chi connectivity index (χ0v) is 12.1. The van der Waals surface area contributed by atoms with Crippen molar-refractivity contribution in [2.75, 3.05) is 13.2 Å². The van der Waals surface area contributed by atoms with Gasteiger partial charge in [0.2, 0.25) is 0 Å². The van der Waals surface area contributed by atoms with E-state index in [0.717, 1.165) is 12.8 Å². The first-order chi connectivity index (χ1) is 9.02. The lowest BCUT2D eigenvalue weighted by Crippen LogP contribution is -2.24. The van der Waals surface area contributed by atoms with Gasteiger partial charge in [0.1, 0.15) is 11.7 Å². The fraction of sp³-hybridized carbons (Fsp3) is 0.786. The average molecular weight is 272 g/mol. The van der Waals surface area contributed by atoms with Crippen LogP contribution in [0, 0.1) is 5.92 Å². The Morgan fingerprint density at radius 2 is 1.58 bits per heavy atom. The van der Waals surface area contributed by atoms with Crippen LogP contribution in [0.4, 0.5) is 0 Å². The van der Waals surface area contributed by atoms with Gasteiger partial charge in [0.05, 0.1) is 13.2 Å². The van der Waals surface area contributed by atoms with Gasteiger partial charge in [-0.15, -0.1) is 0 Å². The van der Waals surface area contributed by atoms with Crippen molar-refractivity contribution in [3.8, 4) is 0 Å². The number of esters is 2. The number of Topliss-reactive ketones (excluding diaryl/α,β-unsaturated/α-hetero) is 1. The molecule has 0 aliphatic carbocycles. The third-order valence-corrected chi connectivity index (χ3v) is 2.74. The number of hydrogen-bond donors (Lipinski definition) is 0. The van der Waals surface area contributed by atoms with Crippen molar-refractivity contribution in [3.63, 3.8) is 0 Å². The lowest BCUT2D eigenvalue weighted by atomic mass is 9.97. The van der Waals surface area contributed by atoms with E-state index in [1.54, 1.807) is 13.8 Å². The molecule has 110 valence electrons. The minimum absolute atomic E-state index is 0.163. The standard InChI is InChI=1S/C14H24O5/c1-4-18-13(16)10-8-6-7-9-12(11(3)15)14(17)19-5-2/h12H,4-10H2,1-3H3. The summed E-state index contributed by atoms with van der Waals surface area (Å²) in [6, 6.07) is 0. The fourth-order valence-corrected chi connectivity index (χ4v) is 1.76. The maximum atomic E-state index is 11.5. The maximum Gasteiger partial charge on any atom is 0.316 e. The summed E-state index contributed by atoms with van der Waals surface area (Å²) in [7, 11) is 0. The zero-order valence-electron chi connectivity index (χ0n) is 12.1. The predicted octanol–water partition coefficient (Wildman–Crippen LogP) is 2.27. The van der Waals surface area contributed by atoms with Crippen LogP contribution in [0.25, 0.3) is 0 Å². The zero-order chi connectivity index (χ0) is 14.7. The van der Waals surface area contributed by atoms with Gasteiger partial charge < -0.3 is 9.47 Å². The van der Waals surface area contributed by atoms with Crippen LogP contribution in [-0.2, 0) is 23.9 Å². The molecule has 0 aliphatic heterocycles. The highest BCUT2D eigenvalue weighted by atomic mass is 16.5. The molecule has 0 spiro atoms. The number of carbonyl (C=O) groups excluding carboxylic acids is 3. The van der Waals surface area contributed by atoms with Crippen LogP contribution in [-0.4, -0.2) is 30.9 Å². The van der Waals surface area contributed by atoms with Crippen molar-refractivity contribution in [2.24, 2.45) is 5.92 Å². The normalized spacial score (nSPS) is 11.7. The Morgan fingerprint density at radius 3 is 2.11 bits per heavy atom. The van der Waals surface area contributed by atoms with Gasteiger partial charge in [-0.2, -0.15) is 0 Å². The van der Waals surface area contributed by atoms with E-state index in [2.05, 4.69) is 0 Å². The van der Waals surface area contributed by atoms with Crippen molar-refractivity contribution in [2.45, 2.75) is 52.9 Å². The van der Waals surface area contributed by atoms with Gasteiger partial charge in [-0.05, 0) is 33.6 Å². The number of hydrogen-bond acceptors (Lipinski definition) is 5. The van der Waals surface area contributed by atoms with Gasteiger partial charge in [0.25, 0.3) is 0 Å². The summed E-state index contributed by atoms with van der Waals surface area (Å²) < 4.78 is 9.67. The molecule has 0 amide bonds. The molecular weight excluding hydrogens is 248 g/mol. The van der Waals surface area contributed by atoms with E-state index in [9.17, 15) is 14.4 Å². The van der Waals surface area contributed by atoms with E-state index in [4.69, 9.17) is 9.47 Å². The quantitative estimate of drug-likeness (QED) is 0.346. The Labute approximate surface area is 114 Å². The number of ketones is 1. The van der Waals surface area contributed by atoms with Gasteiger partial charge >= 0.3 is 11.9 Å². The molecule has 0 bridgehead atoms. The Morgan fingerprint density at radius 1 is 0.947 bits per heavy atom. The largest absolute Gasteiger partial charge is 0.466 e. The molecule has 0 radical (unpaired) electrons. The van der Waals surface area contributed by atoms with Crippen molar-refractivity contribution >= 4 is 17.7 Å². The Balaban J connectivity index is 3.85. The number of unbranched alkanes of at least 4 members (excludes halogenated alkanes) is 2. The summed E-state index contributed by atoms with van der Waals surface area (Å²) in [4.78, 5) is 34.0. The summed E-state index contributed by atoms with van der Waals surface area (Å²) in [5, 5.41) is 0. The molecule has 5 heteroatoms. The predicted molar refractivity (Wildman–Crippen MR) is 70.5 cm³/mol. The fourth-order valence-electron chi connectivity index (χ4n) is 1.76. The molecule has 5 nitrogen and oxygen atoms in total. The Kier molecular flexibility index (Phi) is 9.75. The second-order valence-electron chi connectivity index (χ2n) is 4.32. The summed E-state index contributed by atoms with van der Waals surface area (Å²) in [6.45, 7) is 5.57. The van der Waals surface area contributed by atoms with E-state index < -0.39 is 11.9 Å².